The fourth-order valence-corrected chi connectivity index (χ4v) is 2.64. The summed E-state index contributed by atoms with van der Waals surface area (Å²) in [5.74, 6) is -0.398. The highest BCUT2D eigenvalue weighted by Gasteiger charge is 2.18. The Bertz CT molecular complexity index is 435. The fourth-order valence-electron chi connectivity index (χ4n) is 1.36. The average Bonchev–Trinajstić information content (AvgIpc) is 2.69. The third kappa shape index (κ3) is 2.12. The molecule has 1 nitrogen and oxygen atoms in total. The summed E-state index contributed by atoms with van der Waals surface area (Å²) in [5.41, 5.74) is 0.292. The van der Waals surface area contributed by atoms with Crippen molar-refractivity contribution in [1.82, 2.24) is 0 Å². The van der Waals surface area contributed by atoms with Crippen molar-refractivity contribution >= 4 is 27.3 Å². The first-order chi connectivity index (χ1) is 7.20. The molecule has 0 saturated carbocycles. The number of benzene rings is 1. The number of halogens is 2. The molecule has 15 heavy (non-hydrogen) atoms. The quantitative estimate of drug-likeness (QED) is 0.892. The van der Waals surface area contributed by atoms with Crippen LogP contribution in [0.4, 0.5) is 4.39 Å². The van der Waals surface area contributed by atoms with Crippen LogP contribution >= 0.6 is 27.3 Å². The van der Waals surface area contributed by atoms with Gasteiger partial charge < -0.3 is 5.11 Å². The van der Waals surface area contributed by atoms with E-state index in [1.54, 1.807) is 18.2 Å². The van der Waals surface area contributed by atoms with E-state index in [4.69, 9.17) is 0 Å². The average molecular weight is 287 g/mol. The van der Waals surface area contributed by atoms with Crippen LogP contribution in [0.25, 0.3) is 0 Å². The Labute approximate surface area is 99.3 Å². The summed E-state index contributed by atoms with van der Waals surface area (Å²) in [6.07, 6.45) is -0.902. The summed E-state index contributed by atoms with van der Waals surface area (Å²) in [7, 11) is 0. The van der Waals surface area contributed by atoms with E-state index in [1.165, 1.54) is 17.4 Å². The molecule has 1 heterocycles. The first-order valence-electron chi connectivity index (χ1n) is 4.35. The molecule has 1 aromatic carbocycles. The van der Waals surface area contributed by atoms with Crippen molar-refractivity contribution in [2.75, 3.05) is 0 Å². The van der Waals surface area contributed by atoms with Crippen LogP contribution in [-0.4, -0.2) is 5.11 Å². The van der Waals surface area contributed by atoms with Gasteiger partial charge in [-0.1, -0.05) is 28.1 Å². The largest absolute Gasteiger partial charge is 0.383 e. The van der Waals surface area contributed by atoms with Gasteiger partial charge in [-0.3, -0.25) is 0 Å². The van der Waals surface area contributed by atoms with Crippen molar-refractivity contribution in [2.24, 2.45) is 0 Å². The minimum Gasteiger partial charge on any atom is -0.383 e. The zero-order valence-electron chi connectivity index (χ0n) is 7.65. The van der Waals surface area contributed by atoms with Crippen LogP contribution in [0.15, 0.2) is 40.2 Å². The van der Waals surface area contributed by atoms with E-state index in [1.807, 2.05) is 11.4 Å². The van der Waals surface area contributed by atoms with E-state index < -0.39 is 11.9 Å². The summed E-state index contributed by atoms with van der Waals surface area (Å²) in [6, 6.07) is 8.28. The third-order valence-corrected chi connectivity index (χ3v) is 3.70. The van der Waals surface area contributed by atoms with Gasteiger partial charge in [0.05, 0.1) is 0 Å². The monoisotopic (exact) mass is 286 g/mol. The highest BCUT2D eigenvalue weighted by atomic mass is 79.9. The normalized spacial score (nSPS) is 12.7. The smallest absolute Gasteiger partial charge is 0.130 e. The summed E-state index contributed by atoms with van der Waals surface area (Å²) < 4.78 is 14.1. The number of hydrogen-bond donors (Lipinski definition) is 1. The van der Waals surface area contributed by atoms with E-state index >= 15 is 0 Å². The molecule has 0 aliphatic rings. The highest BCUT2D eigenvalue weighted by Crippen LogP contribution is 2.32. The molecule has 0 fully saturated rings. The minimum atomic E-state index is -0.902. The van der Waals surface area contributed by atoms with Gasteiger partial charge in [-0.2, -0.15) is 0 Å². The number of aliphatic hydroxyl groups is 1. The number of rotatable bonds is 2. The molecule has 0 radical (unpaired) electrons. The molecule has 0 bridgehead atoms. The molecule has 78 valence electrons. The first-order valence-corrected chi connectivity index (χ1v) is 6.03. The first kappa shape index (κ1) is 10.8. The van der Waals surface area contributed by atoms with Gasteiger partial charge in [0.25, 0.3) is 0 Å². The molecule has 1 atom stereocenters. The van der Waals surface area contributed by atoms with Gasteiger partial charge >= 0.3 is 0 Å². The van der Waals surface area contributed by atoms with Gasteiger partial charge in [0.15, 0.2) is 0 Å². The highest BCUT2D eigenvalue weighted by molar-refractivity contribution is 9.10. The zero-order chi connectivity index (χ0) is 10.8. The molecule has 1 N–H and O–H groups in total. The summed E-state index contributed by atoms with van der Waals surface area (Å²) in [4.78, 5) is 0.737. The predicted molar refractivity (Wildman–Crippen MR) is 62.5 cm³/mol. The Hall–Kier alpha value is -0.710. The maximum atomic E-state index is 13.5. The molecule has 2 aromatic rings. The lowest BCUT2D eigenvalue weighted by molar-refractivity contribution is 0.218. The van der Waals surface area contributed by atoms with Gasteiger partial charge in [-0.25, -0.2) is 4.39 Å². The molecule has 1 unspecified atom stereocenters. The second-order valence-corrected chi connectivity index (χ2v) is 4.89. The van der Waals surface area contributed by atoms with Crippen molar-refractivity contribution in [3.63, 3.8) is 0 Å². The standard InChI is InChI=1S/C11H8BrFOS/c12-7-3-1-4-8(13)10(7)11(14)9-5-2-6-15-9/h1-6,11,14H. The molecule has 0 amide bonds. The molecule has 0 aliphatic carbocycles. The molecule has 2 rings (SSSR count). The Kier molecular flexibility index (Phi) is 3.19. The minimum absolute atomic E-state index is 0.292. The summed E-state index contributed by atoms with van der Waals surface area (Å²) in [6.45, 7) is 0. The molecular formula is C11H8BrFOS. The number of aliphatic hydroxyl groups excluding tert-OH is 1. The second kappa shape index (κ2) is 4.43. The van der Waals surface area contributed by atoms with Gasteiger partial charge in [0.2, 0.25) is 0 Å². The van der Waals surface area contributed by atoms with Crippen molar-refractivity contribution in [3.05, 3.63) is 56.4 Å². The van der Waals surface area contributed by atoms with Crippen molar-refractivity contribution in [2.45, 2.75) is 6.10 Å². The van der Waals surface area contributed by atoms with Crippen molar-refractivity contribution < 1.29 is 9.50 Å². The number of hydrogen-bond acceptors (Lipinski definition) is 2. The Morgan fingerprint density at radius 1 is 1.27 bits per heavy atom. The van der Waals surface area contributed by atoms with E-state index in [9.17, 15) is 9.50 Å². The predicted octanol–water partition coefficient (Wildman–Crippen LogP) is 3.73. The van der Waals surface area contributed by atoms with Crippen LogP contribution in [0.1, 0.15) is 16.5 Å². The Morgan fingerprint density at radius 3 is 2.67 bits per heavy atom. The summed E-state index contributed by atoms with van der Waals surface area (Å²) in [5, 5.41) is 11.8. The SMILES string of the molecule is OC(c1cccs1)c1c(F)cccc1Br. The Morgan fingerprint density at radius 2 is 2.07 bits per heavy atom. The molecular weight excluding hydrogens is 279 g/mol. The van der Waals surface area contributed by atoms with E-state index in [-0.39, 0.29) is 0 Å². The topological polar surface area (TPSA) is 20.2 Å². The van der Waals surface area contributed by atoms with Crippen molar-refractivity contribution in [3.8, 4) is 0 Å². The molecule has 0 aliphatic heterocycles. The van der Waals surface area contributed by atoms with Crippen LogP contribution < -0.4 is 0 Å². The van der Waals surface area contributed by atoms with Crippen LogP contribution in [0, 0.1) is 5.82 Å². The van der Waals surface area contributed by atoms with Crippen molar-refractivity contribution in [1.29, 1.82) is 0 Å². The maximum absolute atomic E-state index is 13.5. The van der Waals surface area contributed by atoms with E-state index in [0.29, 0.717) is 10.0 Å². The Balaban J connectivity index is 2.46. The van der Waals surface area contributed by atoms with Crippen LogP contribution in [0.2, 0.25) is 0 Å². The van der Waals surface area contributed by atoms with Crippen LogP contribution in [0.5, 0.6) is 0 Å². The van der Waals surface area contributed by atoms with E-state index in [0.717, 1.165) is 4.88 Å². The lowest BCUT2D eigenvalue weighted by Crippen LogP contribution is -2.01. The van der Waals surface area contributed by atoms with Gasteiger partial charge in [-0.15, -0.1) is 11.3 Å². The number of thiophene rings is 1. The van der Waals surface area contributed by atoms with Gasteiger partial charge in [0.1, 0.15) is 11.9 Å². The van der Waals surface area contributed by atoms with Gasteiger partial charge in [-0.05, 0) is 23.6 Å². The summed E-state index contributed by atoms with van der Waals surface area (Å²) >= 11 is 4.64. The lowest BCUT2D eigenvalue weighted by atomic mass is 10.1. The maximum Gasteiger partial charge on any atom is 0.130 e. The fraction of sp³-hybridized carbons (Fsp3) is 0.0909. The van der Waals surface area contributed by atoms with Crippen LogP contribution in [0.3, 0.4) is 0 Å². The lowest BCUT2D eigenvalue weighted by Gasteiger charge is -2.11. The molecule has 0 saturated heterocycles. The zero-order valence-corrected chi connectivity index (χ0v) is 10.1. The van der Waals surface area contributed by atoms with E-state index in [2.05, 4.69) is 15.9 Å². The molecule has 4 heteroatoms. The van der Waals surface area contributed by atoms with Gasteiger partial charge in [0, 0.05) is 14.9 Å². The third-order valence-electron chi connectivity index (χ3n) is 2.09. The second-order valence-electron chi connectivity index (χ2n) is 3.05. The molecule has 0 spiro atoms. The molecule has 1 aromatic heterocycles. The van der Waals surface area contributed by atoms with Crippen LogP contribution in [-0.2, 0) is 0 Å².